The summed E-state index contributed by atoms with van der Waals surface area (Å²) in [6.45, 7) is 3.69. The van der Waals surface area contributed by atoms with Crippen molar-refractivity contribution in [2.45, 2.75) is 29.7 Å². The van der Waals surface area contributed by atoms with Crippen LogP contribution in [0.25, 0.3) is 0 Å². The van der Waals surface area contributed by atoms with Gasteiger partial charge in [-0.05, 0) is 49.2 Å². The summed E-state index contributed by atoms with van der Waals surface area (Å²) in [5.74, 6) is 0. The standard InChI is InChI=1S/C16H19NO4S2/c1-12-6-4-5-7-16(12)13(2)17-23(20,21)15-10-8-14(9-11-15)22(3,18)19/h4-11,13,17H,1-3H3/t13-/m0/s1. The molecule has 2 rings (SSSR count). The lowest BCUT2D eigenvalue weighted by Gasteiger charge is -2.16. The van der Waals surface area contributed by atoms with Crippen LogP contribution >= 0.6 is 0 Å². The second-order valence-electron chi connectivity index (χ2n) is 5.44. The molecule has 0 fully saturated rings. The number of benzene rings is 2. The maximum absolute atomic E-state index is 12.4. The van der Waals surface area contributed by atoms with Gasteiger partial charge in [0, 0.05) is 12.3 Å². The first kappa shape index (κ1) is 17.7. The fourth-order valence-corrected chi connectivity index (χ4v) is 4.16. The van der Waals surface area contributed by atoms with Crippen molar-refractivity contribution in [1.29, 1.82) is 0 Å². The third-order valence-corrected chi connectivity index (χ3v) is 6.23. The van der Waals surface area contributed by atoms with Crippen molar-refractivity contribution in [3.63, 3.8) is 0 Å². The summed E-state index contributed by atoms with van der Waals surface area (Å²) in [4.78, 5) is 0.119. The molecule has 0 aliphatic carbocycles. The van der Waals surface area contributed by atoms with E-state index in [1.165, 1.54) is 24.3 Å². The third-order valence-electron chi connectivity index (χ3n) is 3.55. The van der Waals surface area contributed by atoms with Gasteiger partial charge in [0.1, 0.15) is 0 Å². The van der Waals surface area contributed by atoms with E-state index in [1.54, 1.807) is 6.92 Å². The van der Waals surface area contributed by atoms with E-state index in [1.807, 2.05) is 31.2 Å². The van der Waals surface area contributed by atoms with Gasteiger partial charge < -0.3 is 0 Å². The molecule has 124 valence electrons. The summed E-state index contributed by atoms with van der Waals surface area (Å²) in [6.07, 6.45) is 1.08. The van der Waals surface area contributed by atoms with Gasteiger partial charge in [-0.3, -0.25) is 0 Å². The highest BCUT2D eigenvalue weighted by atomic mass is 32.2. The van der Waals surface area contributed by atoms with Crippen LogP contribution in [0.1, 0.15) is 24.1 Å². The molecular formula is C16H19NO4S2. The molecular weight excluding hydrogens is 334 g/mol. The average molecular weight is 353 g/mol. The molecule has 1 N–H and O–H groups in total. The molecule has 0 bridgehead atoms. The lowest BCUT2D eigenvalue weighted by atomic mass is 10.0. The van der Waals surface area contributed by atoms with Crippen LogP contribution in [0.15, 0.2) is 58.3 Å². The van der Waals surface area contributed by atoms with E-state index in [-0.39, 0.29) is 9.79 Å². The van der Waals surface area contributed by atoms with Gasteiger partial charge in [0.2, 0.25) is 10.0 Å². The zero-order valence-corrected chi connectivity index (χ0v) is 14.8. The summed E-state index contributed by atoms with van der Waals surface area (Å²) in [5.41, 5.74) is 1.89. The number of aryl methyl sites for hydroxylation is 1. The fourth-order valence-electron chi connectivity index (χ4n) is 2.30. The first-order valence-electron chi connectivity index (χ1n) is 6.99. The van der Waals surface area contributed by atoms with E-state index in [0.717, 1.165) is 17.4 Å². The van der Waals surface area contributed by atoms with Crippen molar-refractivity contribution in [3.8, 4) is 0 Å². The zero-order valence-electron chi connectivity index (χ0n) is 13.1. The minimum Gasteiger partial charge on any atom is -0.224 e. The molecule has 0 unspecified atom stereocenters. The van der Waals surface area contributed by atoms with Crippen LogP contribution in [0.2, 0.25) is 0 Å². The van der Waals surface area contributed by atoms with E-state index in [0.29, 0.717) is 0 Å². The Morgan fingerprint density at radius 2 is 1.39 bits per heavy atom. The number of hydrogen-bond acceptors (Lipinski definition) is 4. The highest BCUT2D eigenvalue weighted by Gasteiger charge is 2.20. The van der Waals surface area contributed by atoms with Crippen LogP contribution in [0.5, 0.6) is 0 Å². The maximum atomic E-state index is 12.4. The molecule has 5 nitrogen and oxygen atoms in total. The van der Waals surface area contributed by atoms with Crippen LogP contribution in [0.4, 0.5) is 0 Å². The second-order valence-corrected chi connectivity index (χ2v) is 9.17. The molecule has 2 aromatic carbocycles. The lowest BCUT2D eigenvalue weighted by Crippen LogP contribution is -2.27. The Morgan fingerprint density at radius 3 is 1.91 bits per heavy atom. The second kappa shape index (κ2) is 6.43. The summed E-state index contributed by atoms with van der Waals surface area (Å²) < 4.78 is 50.3. The first-order valence-corrected chi connectivity index (χ1v) is 10.4. The van der Waals surface area contributed by atoms with E-state index in [2.05, 4.69) is 4.72 Å². The molecule has 0 heterocycles. The van der Waals surface area contributed by atoms with Gasteiger partial charge in [-0.1, -0.05) is 24.3 Å². The van der Waals surface area contributed by atoms with Gasteiger partial charge in [0.25, 0.3) is 0 Å². The highest BCUT2D eigenvalue weighted by Crippen LogP contribution is 2.20. The molecule has 0 spiro atoms. The molecule has 7 heteroatoms. The first-order chi connectivity index (χ1) is 10.6. The van der Waals surface area contributed by atoms with E-state index in [9.17, 15) is 16.8 Å². The van der Waals surface area contributed by atoms with Crippen molar-refractivity contribution in [2.24, 2.45) is 0 Å². The van der Waals surface area contributed by atoms with Crippen LogP contribution in [-0.4, -0.2) is 23.1 Å². The van der Waals surface area contributed by atoms with Crippen molar-refractivity contribution in [2.75, 3.05) is 6.26 Å². The third kappa shape index (κ3) is 4.19. The quantitative estimate of drug-likeness (QED) is 0.895. The van der Waals surface area contributed by atoms with E-state index in [4.69, 9.17) is 0 Å². The largest absolute Gasteiger partial charge is 0.241 e. The van der Waals surface area contributed by atoms with Crippen LogP contribution in [0, 0.1) is 6.92 Å². The molecule has 0 aliphatic heterocycles. The van der Waals surface area contributed by atoms with Crippen LogP contribution in [0.3, 0.4) is 0 Å². The molecule has 23 heavy (non-hydrogen) atoms. The van der Waals surface area contributed by atoms with Gasteiger partial charge in [0.05, 0.1) is 9.79 Å². The topological polar surface area (TPSA) is 80.3 Å². The van der Waals surface area contributed by atoms with E-state index >= 15 is 0 Å². The Kier molecular flexibility index (Phi) is 4.93. The predicted molar refractivity (Wildman–Crippen MR) is 89.5 cm³/mol. The fraction of sp³-hybridized carbons (Fsp3) is 0.250. The Labute approximate surface area is 137 Å². The maximum Gasteiger partial charge on any atom is 0.241 e. The number of sulfone groups is 1. The molecule has 1 atom stereocenters. The van der Waals surface area contributed by atoms with Crippen molar-refractivity contribution in [1.82, 2.24) is 4.72 Å². The smallest absolute Gasteiger partial charge is 0.224 e. The minimum absolute atomic E-state index is 0.0327. The van der Waals surface area contributed by atoms with E-state index < -0.39 is 25.9 Å². The summed E-state index contributed by atoms with van der Waals surface area (Å²) in [6, 6.07) is 12.3. The van der Waals surface area contributed by atoms with Crippen molar-refractivity contribution >= 4 is 19.9 Å². The number of nitrogens with one attached hydrogen (secondary N) is 1. The van der Waals surface area contributed by atoms with Crippen LogP contribution in [-0.2, 0) is 19.9 Å². The summed E-state index contributed by atoms with van der Waals surface area (Å²) >= 11 is 0. The SMILES string of the molecule is Cc1ccccc1[C@H](C)NS(=O)(=O)c1ccc(S(C)(=O)=O)cc1. The molecule has 0 amide bonds. The molecule has 0 saturated heterocycles. The average Bonchev–Trinajstić information content (AvgIpc) is 2.46. The Balaban J connectivity index is 2.27. The minimum atomic E-state index is -3.73. The van der Waals surface area contributed by atoms with Gasteiger partial charge in [-0.2, -0.15) is 0 Å². The van der Waals surface area contributed by atoms with Crippen molar-refractivity contribution in [3.05, 3.63) is 59.7 Å². The highest BCUT2D eigenvalue weighted by molar-refractivity contribution is 7.90. The molecule has 0 radical (unpaired) electrons. The van der Waals surface area contributed by atoms with Gasteiger partial charge in [-0.15, -0.1) is 0 Å². The molecule has 0 aromatic heterocycles. The van der Waals surface area contributed by atoms with Gasteiger partial charge >= 0.3 is 0 Å². The predicted octanol–water partition coefficient (Wildman–Crippen LogP) is 2.44. The summed E-state index contributed by atoms with van der Waals surface area (Å²) in [5, 5.41) is 0. The zero-order chi connectivity index (χ0) is 17.3. The Morgan fingerprint density at radius 1 is 0.870 bits per heavy atom. The lowest BCUT2D eigenvalue weighted by molar-refractivity contribution is 0.566. The summed E-state index contributed by atoms with van der Waals surface area (Å²) in [7, 11) is -7.08. The van der Waals surface area contributed by atoms with Gasteiger partial charge in [0.15, 0.2) is 9.84 Å². The Bertz CT molecular complexity index is 901. The van der Waals surface area contributed by atoms with Crippen molar-refractivity contribution < 1.29 is 16.8 Å². The number of sulfonamides is 1. The monoisotopic (exact) mass is 353 g/mol. The Hall–Kier alpha value is -1.70. The normalized spacial score (nSPS) is 13.7. The van der Waals surface area contributed by atoms with Gasteiger partial charge in [-0.25, -0.2) is 21.6 Å². The van der Waals surface area contributed by atoms with Crippen LogP contribution < -0.4 is 4.72 Å². The number of hydrogen-bond donors (Lipinski definition) is 1. The molecule has 2 aromatic rings. The number of rotatable bonds is 5. The molecule has 0 aliphatic rings. The molecule has 0 saturated carbocycles.